The average molecular weight is 759 g/mol. The van der Waals surface area contributed by atoms with Gasteiger partial charge in [-0.1, -0.05) is 75.4 Å². The zero-order valence-corrected chi connectivity index (χ0v) is 33.1. The van der Waals surface area contributed by atoms with Crippen LogP contribution in [-0.4, -0.2) is 68.8 Å². The molecule has 1 saturated heterocycles. The van der Waals surface area contributed by atoms with E-state index < -0.39 is 55.7 Å². The summed E-state index contributed by atoms with van der Waals surface area (Å²) in [6.07, 6.45) is -2.98. The molecule has 4 aromatic rings. The summed E-state index contributed by atoms with van der Waals surface area (Å²) in [6.45, 7) is 11.6. The van der Waals surface area contributed by atoms with E-state index in [1.54, 1.807) is 14.2 Å². The fourth-order valence-electron chi connectivity index (χ4n) is 6.25. The van der Waals surface area contributed by atoms with Crippen molar-refractivity contribution in [2.75, 3.05) is 20.8 Å². The quantitative estimate of drug-likeness (QED) is 0.0854. The highest BCUT2D eigenvalue weighted by molar-refractivity contribution is 6.74. The van der Waals surface area contributed by atoms with Crippen LogP contribution >= 0.6 is 0 Å². The Labute approximate surface area is 316 Å². The van der Waals surface area contributed by atoms with Crippen molar-refractivity contribution in [3.8, 4) is 11.5 Å². The highest BCUT2D eigenvalue weighted by Crippen LogP contribution is 2.45. The van der Waals surface area contributed by atoms with Crippen LogP contribution in [0.2, 0.25) is 18.1 Å². The Morgan fingerprint density at radius 1 is 0.796 bits per heavy atom. The molecule has 13 heteroatoms. The van der Waals surface area contributed by atoms with Crippen molar-refractivity contribution >= 4 is 20.1 Å². The summed E-state index contributed by atoms with van der Waals surface area (Å²) in [7, 11) is 0.552. The first-order valence-electron chi connectivity index (χ1n) is 17.9. The van der Waals surface area contributed by atoms with Gasteiger partial charge in [-0.15, -0.1) is 0 Å². The van der Waals surface area contributed by atoms with Gasteiger partial charge in [0.05, 0.1) is 27.2 Å². The number of nitrogens with zero attached hydrogens (tertiary/aromatic N) is 1. The molecule has 3 aromatic carbocycles. The van der Waals surface area contributed by atoms with Crippen LogP contribution in [0.15, 0.2) is 101 Å². The molecule has 54 heavy (non-hydrogen) atoms. The molecule has 0 bridgehead atoms. The molecule has 1 unspecified atom stereocenters. The second kappa shape index (κ2) is 16.7. The molecule has 1 aromatic heterocycles. The van der Waals surface area contributed by atoms with Crippen LogP contribution in [0.25, 0.3) is 0 Å². The van der Waals surface area contributed by atoms with Gasteiger partial charge in [0.2, 0.25) is 0 Å². The van der Waals surface area contributed by atoms with Crippen LogP contribution in [0.1, 0.15) is 63.5 Å². The van der Waals surface area contributed by atoms with E-state index in [1.807, 2.05) is 92.0 Å². The number of esters is 1. The number of carbonyl (C=O) groups is 2. The minimum absolute atomic E-state index is 0.00377. The van der Waals surface area contributed by atoms with Crippen molar-refractivity contribution in [1.82, 2.24) is 9.55 Å². The average Bonchev–Trinajstić information content (AvgIpc) is 3.46. The first-order chi connectivity index (χ1) is 25.6. The molecular formula is C41H50N2O10Si. The molecule has 1 fully saturated rings. The molecule has 1 aliphatic rings. The number of methoxy groups -OCH3 is 2. The van der Waals surface area contributed by atoms with Gasteiger partial charge in [0.15, 0.2) is 20.6 Å². The summed E-state index contributed by atoms with van der Waals surface area (Å²) < 4.78 is 39.2. The van der Waals surface area contributed by atoms with Gasteiger partial charge in [0, 0.05) is 18.7 Å². The number of hydrogen-bond acceptors (Lipinski definition) is 10. The molecule has 0 amide bonds. The van der Waals surface area contributed by atoms with Crippen LogP contribution < -0.4 is 20.7 Å². The van der Waals surface area contributed by atoms with Crippen LogP contribution in [0, 0.1) is 0 Å². The van der Waals surface area contributed by atoms with Gasteiger partial charge < -0.3 is 32.9 Å². The lowest BCUT2D eigenvalue weighted by molar-refractivity contribution is -0.159. The monoisotopic (exact) mass is 758 g/mol. The Bertz CT molecular complexity index is 1960. The number of ether oxygens (including phenoxy) is 5. The maximum absolute atomic E-state index is 13.4. The number of ketones is 1. The van der Waals surface area contributed by atoms with Gasteiger partial charge in [-0.3, -0.25) is 19.1 Å². The number of nitrogens with one attached hydrogen (secondary N) is 1. The lowest BCUT2D eigenvalue weighted by Gasteiger charge is -2.40. The molecule has 0 saturated carbocycles. The van der Waals surface area contributed by atoms with Crippen LogP contribution in [-0.2, 0) is 33.8 Å². The minimum atomic E-state index is -2.64. The largest absolute Gasteiger partial charge is 0.497 e. The summed E-state index contributed by atoms with van der Waals surface area (Å²) in [5.41, 5.74) is -0.180. The summed E-state index contributed by atoms with van der Waals surface area (Å²) in [5, 5.41) is -0.281. The molecule has 1 aliphatic heterocycles. The van der Waals surface area contributed by atoms with E-state index in [9.17, 15) is 19.2 Å². The smallest absolute Gasteiger partial charge is 0.330 e. The number of Topliss-reactive ketones (excluding diaryl/α,β-unsaturated/α-hetero) is 1. The Morgan fingerprint density at radius 2 is 1.35 bits per heavy atom. The standard InChI is InChI=1S/C41H50N2O10Si/c1-27(44)14-23-35(46)52-36-33(51-38(43-25-24-34(45)42-39(43)47)37(36)53-54(7,8)40(2,3)4)26-50-41(28-12-10-9-11-13-28,29-15-19-31(48-5)20-16-29)30-17-21-32(49-6)22-18-30/h9-13,15-22,24-25,33,36-38H,14,23,26H2,1-8H3,(H,42,45,47)/t33-,36?,37+,38-/m1/s1. The first kappa shape index (κ1) is 40.4. The van der Waals surface area contributed by atoms with E-state index in [0.29, 0.717) is 11.5 Å². The second-order valence-electron chi connectivity index (χ2n) is 14.9. The third kappa shape index (κ3) is 8.76. The van der Waals surface area contributed by atoms with Crippen molar-refractivity contribution in [2.45, 2.75) is 88.8 Å². The summed E-state index contributed by atoms with van der Waals surface area (Å²) in [5.74, 6) is 0.536. The predicted molar refractivity (Wildman–Crippen MR) is 205 cm³/mol. The Hall–Kier alpha value is -4.82. The number of rotatable bonds is 15. The van der Waals surface area contributed by atoms with Crippen molar-refractivity contribution in [3.63, 3.8) is 0 Å². The number of H-pyrrole nitrogens is 1. The van der Waals surface area contributed by atoms with Crippen LogP contribution in [0.3, 0.4) is 0 Å². The van der Waals surface area contributed by atoms with Crippen molar-refractivity contribution in [2.24, 2.45) is 0 Å². The Morgan fingerprint density at radius 3 is 1.85 bits per heavy atom. The molecule has 5 rings (SSSR count). The molecular weight excluding hydrogens is 709 g/mol. The lowest BCUT2D eigenvalue weighted by atomic mass is 9.80. The van der Waals surface area contributed by atoms with Gasteiger partial charge in [0.1, 0.15) is 35.1 Å². The number of aromatic amines is 1. The van der Waals surface area contributed by atoms with Crippen molar-refractivity contribution < 1.29 is 37.7 Å². The van der Waals surface area contributed by atoms with Crippen molar-refractivity contribution in [3.05, 3.63) is 129 Å². The fourth-order valence-corrected chi connectivity index (χ4v) is 7.53. The highest BCUT2D eigenvalue weighted by Gasteiger charge is 2.54. The highest BCUT2D eigenvalue weighted by atomic mass is 28.4. The van der Waals surface area contributed by atoms with Gasteiger partial charge in [-0.2, -0.15) is 0 Å². The van der Waals surface area contributed by atoms with Gasteiger partial charge in [-0.25, -0.2) is 4.79 Å². The SMILES string of the molecule is COc1ccc(C(OC[C@H]2O[C@@H](n3ccc(=O)[nH]c3=O)[C@@H](O[Si](C)(C)C(C)(C)C)C2OC(=O)CCC(C)=O)(c2ccccc2)c2ccc(OC)cc2)cc1. The van der Waals surface area contributed by atoms with Gasteiger partial charge in [-0.05, 0) is 66.0 Å². The molecule has 4 atom stereocenters. The zero-order valence-electron chi connectivity index (χ0n) is 32.1. The third-order valence-corrected chi connectivity index (χ3v) is 14.7. The summed E-state index contributed by atoms with van der Waals surface area (Å²) >= 11 is 0. The molecule has 0 spiro atoms. The number of benzene rings is 3. The lowest BCUT2D eigenvalue weighted by Crippen LogP contribution is -2.51. The van der Waals surface area contributed by atoms with E-state index in [2.05, 4.69) is 25.8 Å². The van der Waals surface area contributed by atoms with E-state index >= 15 is 0 Å². The Balaban J connectivity index is 1.67. The first-order valence-corrected chi connectivity index (χ1v) is 20.8. The number of carbonyl (C=O) groups excluding carboxylic acids is 2. The van der Waals surface area contributed by atoms with Gasteiger partial charge >= 0.3 is 11.7 Å². The van der Waals surface area contributed by atoms with Crippen LogP contribution in [0.4, 0.5) is 0 Å². The normalized spacial score (nSPS) is 19.0. The molecule has 0 aliphatic carbocycles. The number of aromatic nitrogens is 2. The third-order valence-electron chi connectivity index (χ3n) is 10.2. The molecule has 288 valence electrons. The maximum atomic E-state index is 13.4. The van der Waals surface area contributed by atoms with Crippen molar-refractivity contribution in [1.29, 1.82) is 0 Å². The zero-order chi connectivity index (χ0) is 39.3. The second-order valence-corrected chi connectivity index (χ2v) is 19.7. The number of hydrogen-bond donors (Lipinski definition) is 1. The maximum Gasteiger partial charge on any atom is 0.330 e. The van der Waals surface area contributed by atoms with E-state index in [-0.39, 0.29) is 30.3 Å². The summed E-state index contributed by atoms with van der Waals surface area (Å²) in [6, 6.07) is 26.1. The predicted octanol–water partition coefficient (Wildman–Crippen LogP) is 6.13. The van der Waals surface area contributed by atoms with E-state index in [4.69, 9.17) is 28.1 Å². The van der Waals surface area contributed by atoms with Crippen LogP contribution in [0.5, 0.6) is 11.5 Å². The topological polar surface area (TPSA) is 144 Å². The minimum Gasteiger partial charge on any atom is -0.497 e. The molecule has 1 N–H and O–H groups in total. The molecule has 0 radical (unpaired) electrons. The molecule has 12 nitrogen and oxygen atoms in total. The fraction of sp³-hybridized carbons (Fsp3) is 0.415. The van der Waals surface area contributed by atoms with Gasteiger partial charge in [0.25, 0.3) is 5.56 Å². The van der Waals surface area contributed by atoms with E-state index in [0.717, 1.165) is 16.7 Å². The Kier molecular flexibility index (Phi) is 12.5. The van der Waals surface area contributed by atoms with E-state index in [1.165, 1.54) is 23.8 Å². The molecule has 2 heterocycles. The summed E-state index contributed by atoms with van der Waals surface area (Å²) in [4.78, 5) is 53.0.